The van der Waals surface area contributed by atoms with Crippen LogP contribution < -0.4 is 15.4 Å². The van der Waals surface area contributed by atoms with Crippen LogP contribution in [0.15, 0.2) is 42.6 Å². The van der Waals surface area contributed by atoms with E-state index in [9.17, 15) is 9.18 Å². The molecular formula is C14H12FN3O2S. The van der Waals surface area contributed by atoms with Gasteiger partial charge in [0.2, 0.25) is 5.88 Å². The van der Waals surface area contributed by atoms with Gasteiger partial charge in [-0.05, 0) is 24.4 Å². The first-order valence-corrected chi connectivity index (χ1v) is 6.38. The van der Waals surface area contributed by atoms with E-state index in [0.29, 0.717) is 11.3 Å². The van der Waals surface area contributed by atoms with Gasteiger partial charge >= 0.3 is 0 Å². The Hall–Kier alpha value is -2.54. The third-order valence-corrected chi connectivity index (χ3v) is 2.73. The van der Waals surface area contributed by atoms with Crippen LogP contribution in [0.3, 0.4) is 0 Å². The second kappa shape index (κ2) is 6.76. The second-order valence-electron chi connectivity index (χ2n) is 3.99. The molecule has 0 saturated heterocycles. The number of carbonyl (C=O) groups excluding carboxylic acids is 1. The number of halogens is 1. The van der Waals surface area contributed by atoms with Gasteiger partial charge in [0, 0.05) is 11.6 Å². The summed E-state index contributed by atoms with van der Waals surface area (Å²) in [6, 6.07) is 9.79. The molecule has 0 aliphatic carbocycles. The summed E-state index contributed by atoms with van der Waals surface area (Å²) in [7, 11) is 1.32. The van der Waals surface area contributed by atoms with Crippen LogP contribution in [0.2, 0.25) is 0 Å². The number of hydrogen-bond donors (Lipinski definition) is 2. The normalized spacial score (nSPS) is 9.81. The van der Waals surface area contributed by atoms with E-state index in [2.05, 4.69) is 15.6 Å². The zero-order valence-electron chi connectivity index (χ0n) is 11.1. The average molecular weight is 305 g/mol. The van der Waals surface area contributed by atoms with Crippen molar-refractivity contribution in [3.63, 3.8) is 0 Å². The molecule has 7 heteroatoms. The van der Waals surface area contributed by atoms with Gasteiger partial charge in [-0.3, -0.25) is 10.1 Å². The lowest BCUT2D eigenvalue weighted by atomic mass is 10.2. The first-order chi connectivity index (χ1) is 10.1. The molecule has 0 aliphatic rings. The van der Waals surface area contributed by atoms with Gasteiger partial charge in [0.1, 0.15) is 0 Å². The highest BCUT2D eigenvalue weighted by molar-refractivity contribution is 7.80. The van der Waals surface area contributed by atoms with Crippen molar-refractivity contribution in [3.8, 4) is 5.88 Å². The number of pyridine rings is 1. The first-order valence-electron chi connectivity index (χ1n) is 5.97. The molecule has 21 heavy (non-hydrogen) atoms. The van der Waals surface area contributed by atoms with Crippen molar-refractivity contribution >= 4 is 28.9 Å². The molecule has 0 atom stereocenters. The van der Waals surface area contributed by atoms with E-state index in [4.69, 9.17) is 17.0 Å². The first kappa shape index (κ1) is 14.9. The van der Waals surface area contributed by atoms with Gasteiger partial charge in [0.25, 0.3) is 5.91 Å². The van der Waals surface area contributed by atoms with E-state index in [1.165, 1.54) is 19.4 Å². The number of rotatable bonds is 3. The minimum atomic E-state index is -0.625. The van der Waals surface area contributed by atoms with Gasteiger partial charge in [0.15, 0.2) is 10.9 Å². The Labute approximate surface area is 126 Å². The number of nitrogens with one attached hydrogen (secondary N) is 2. The van der Waals surface area contributed by atoms with Crippen LogP contribution in [-0.2, 0) is 0 Å². The van der Waals surface area contributed by atoms with Gasteiger partial charge in [-0.25, -0.2) is 9.37 Å². The number of carbonyl (C=O) groups is 1. The maximum Gasteiger partial charge on any atom is 0.257 e. The number of thiocarbonyl (C=S) groups is 1. The highest BCUT2D eigenvalue weighted by atomic mass is 32.1. The number of benzene rings is 1. The van der Waals surface area contributed by atoms with Crippen molar-refractivity contribution in [2.45, 2.75) is 0 Å². The predicted molar refractivity (Wildman–Crippen MR) is 80.9 cm³/mol. The minimum Gasteiger partial charge on any atom is -0.479 e. The fraction of sp³-hybridized carbons (Fsp3) is 0.0714. The molecule has 0 spiro atoms. The molecule has 2 N–H and O–H groups in total. The number of methoxy groups -OCH3 is 1. The summed E-state index contributed by atoms with van der Waals surface area (Å²) in [5.74, 6) is -1.09. The van der Waals surface area contributed by atoms with Crippen molar-refractivity contribution < 1.29 is 13.9 Å². The van der Waals surface area contributed by atoms with E-state index >= 15 is 0 Å². The van der Waals surface area contributed by atoms with Crippen molar-refractivity contribution in [2.24, 2.45) is 0 Å². The van der Waals surface area contributed by atoms with Crippen LogP contribution in [-0.4, -0.2) is 23.1 Å². The summed E-state index contributed by atoms with van der Waals surface area (Å²) in [4.78, 5) is 15.6. The Morgan fingerprint density at radius 3 is 2.67 bits per heavy atom. The Morgan fingerprint density at radius 2 is 2.05 bits per heavy atom. The van der Waals surface area contributed by atoms with Crippen molar-refractivity contribution in [3.05, 3.63) is 54.0 Å². The topological polar surface area (TPSA) is 63.2 Å². The maximum absolute atomic E-state index is 13.5. The highest BCUT2D eigenvalue weighted by Crippen LogP contribution is 2.16. The van der Waals surface area contributed by atoms with Gasteiger partial charge in [-0.2, -0.15) is 0 Å². The Bertz CT molecular complexity index is 665. The van der Waals surface area contributed by atoms with Crippen LogP contribution in [0.5, 0.6) is 5.88 Å². The third-order valence-electron chi connectivity index (χ3n) is 2.52. The molecule has 0 unspecified atom stereocenters. The van der Waals surface area contributed by atoms with Crippen molar-refractivity contribution in [1.82, 2.24) is 10.3 Å². The molecule has 2 rings (SSSR count). The molecule has 1 aromatic heterocycles. The maximum atomic E-state index is 13.5. The highest BCUT2D eigenvalue weighted by Gasteiger charge is 2.09. The Balaban J connectivity index is 1.99. The fourth-order valence-electron chi connectivity index (χ4n) is 1.57. The van der Waals surface area contributed by atoms with E-state index in [0.717, 1.165) is 0 Å². The molecule has 0 fully saturated rings. The summed E-state index contributed by atoms with van der Waals surface area (Å²) < 4.78 is 18.2. The number of nitrogens with zero attached hydrogens (tertiary/aromatic N) is 1. The summed E-state index contributed by atoms with van der Waals surface area (Å²) in [5, 5.41) is 5.22. The van der Waals surface area contributed by atoms with Gasteiger partial charge in [-0.1, -0.05) is 18.2 Å². The zero-order valence-corrected chi connectivity index (χ0v) is 11.9. The van der Waals surface area contributed by atoms with Gasteiger partial charge in [0.05, 0.1) is 19.0 Å². The Morgan fingerprint density at radius 1 is 1.33 bits per heavy atom. The minimum absolute atomic E-state index is 0.0511. The van der Waals surface area contributed by atoms with Crippen LogP contribution >= 0.6 is 12.2 Å². The standard InChI is InChI=1S/C14H12FN3O2S/c1-20-13-11(15)7-10(8-16-13)17-14(21)18-12(19)9-5-3-2-4-6-9/h2-8H,1H3,(H2,17,18,19,21). The quantitative estimate of drug-likeness (QED) is 0.852. The number of hydrogen-bond acceptors (Lipinski definition) is 4. The van der Waals surface area contributed by atoms with Crippen molar-refractivity contribution in [1.29, 1.82) is 0 Å². The molecule has 0 aliphatic heterocycles. The fourth-order valence-corrected chi connectivity index (χ4v) is 1.78. The average Bonchev–Trinajstić information content (AvgIpc) is 2.48. The summed E-state index contributed by atoms with van der Waals surface area (Å²) in [6.45, 7) is 0. The van der Waals surface area contributed by atoms with Crippen LogP contribution in [0.25, 0.3) is 0 Å². The van der Waals surface area contributed by atoms with Crippen LogP contribution in [0.4, 0.5) is 10.1 Å². The predicted octanol–water partition coefficient (Wildman–Crippen LogP) is 2.36. The van der Waals surface area contributed by atoms with E-state index in [-0.39, 0.29) is 16.9 Å². The summed E-state index contributed by atoms with van der Waals surface area (Å²) in [5.41, 5.74) is 0.785. The molecule has 1 heterocycles. The molecule has 1 amide bonds. The lowest BCUT2D eigenvalue weighted by Crippen LogP contribution is -2.34. The molecule has 0 bridgehead atoms. The molecule has 1 aromatic carbocycles. The molecule has 5 nitrogen and oxygen atoms in total. The van der Waals surface area contributed by atoms with Gasteiger partial charge < -0.3 is 10.1 Å². The molecule has 108 valence electrons. The van der Waals surface area contributed by atoms with Crippen molar-refractivity contribution in [2.75, 3.05) is 12.4 Å². The lowest BCUT2D eigenvalue weighted by Gasteiger charge is -2.10. The monoisotopic (exact) mass is 305 g/mol. The van der Waals surface area contributed by atoms with E-state index < -0.39 is 5.82 Å². The van der Waals surface area contributed by atoms with E-state index in [1.807, 2.05) is 0 Å². The molecule has 2 aromatic rings. The smallest absolute Gasteiger partial charge is 0.257 e. The zero-order chi connectivity index (χ0) is 15.2. The number of ether oxygens (including phenoxy) is 1. The second-order valence-corrected chi connectivity index (χ2v) is 4.40. The van der Waals surface area contributed by atoms with Crippen LogP contribution in [0.1, 0.15) is 10.4 Å². The largest absolute Gasteiger partial charge is 0.479 e. The number of amides is 1. The number of aromatic nitrogens is 1. The molecule has 0 radical (unpaired) electrons. The summed E-state index contributed by atoms with van der Waals surface area (Å²) >= 11 is 4.99. The third kappa shape index (κ3) is 3.96. The van der Waals surface area contributed by atoms with Gasteiger partial charge in [-0.15, -0.1) is 0 Å². The molecular weight excluding hydrogens is 293 g/mol. The number of anilines is 1. The SMILES string of the molecule is COc1ncc(NC(=S)NC(=O)c2ccccc2)cc1F. The summed E-state index contributed by atoms with van der Waals surface area (Å²) in [6.07, 6.45) is 1.35. The van der Waals surface area contributed by atoms with E-state index in [1.54, 1.807) is 30.3 Å². The van der Waals surface area contributed by atoms with Crippen LogP contribution in [0, 0.1) is 5.82 Å². The molecule has 0 saturated carbocycles. The lowest BCUT2D eigenvalue weighted by molar-refractivity contribution is 0.0977. The Kier molecular flexibility index (Phi) is 4.78.